The molecule has 0 unspecified atom stereocenters. The van der Waals surface area contributed by atoms with Gasteiger partial charge in [0.25, 0.3) is 0 Å². The van der Waals surface area contributed by atoms with Gasteiger partial charge in [0.2, 0.25) is 5.91 Å². The molecule has 2 rings (SSSR count). The van der Waals surface area contributed by atoms with Gasteiger partial charge in [0.05, 0.1) is 10.5 Å². The van der Waals surface area contributed by atoms with Crippen molar-refractivity contribution >= 4 is 51.4 Å². The summed E-state index contributed by atoms with van der Waals surface area (Å²) in [4.78, 5) is 18.3. The lowest BCUT2D eigenvalue weighted by molar-refractivity contribution is -0.114. The first kappa shape index (κ1) is 22.7. The molecule has 1 heterocycles. The molecule has 0 spiro atoms. The van der Waals surface area contributed by atoms with Gasteiger partial charge in [-0.2, -0.15) is 0 Å². The minimum Gasteiger partial charge on any atom is -0.357 e. The predicted octanol–water partition coefficient (Wildman–Crippen LogP) is 1.72. The Hall–Kier alpha value is -1.36. The van der Waals surface area contributed by atoms with Crippen LogP contribution in [0.15, 0.2) is 35.3 Å². The molecule has 26 heavy (non-hydrogen) atoms. The van der Waals surface area contributed by atoms with E-state index in [1.807, 2.05) is 42.2 Å². The summed E-state index contributed by atoms with van der Waals surface area (Å²) >= 11 is 0. The Morgan fingerprint density at radius 2 is 1.92 bits per heavy atom. The van der Waals surface area contributed by atoms with Gasteiger partial charge in [-0.15, -0.1) is 24.0 Å². The third kappa shape index (κ3) is 5.83. The lowest BCUT2D eigenvalue weighted by Gasteiger charge is -2.39. The van der Waals surface area contributed by atoms with E-state index in [1.165, 1.54) is 0 Å². The summed E-state index contributed by atoms with van der Waals surface area (Å²) in [5.74, 6) is 0.430. The minimum absolute atomic E-state index is 0. The zero-order chi connectivity index (χ0) is 18.5. The second kappa shape index (κ2) is 9.54. The molecule has 0 aliphatic carbocycles. The number of hydrogen-bond donors (Lipinski definition) is 2. The van der Waals surface area contributed by atoms with Crippen LogP contribution in [0.5, 0.6) is 0 Å². The Labute approximate surface area is 172 Å². The molecule has 0 saturated carbocycles. The fourth-order valence-electron chi connectivity index (χ4n) is 2.62. The second-order valence-corrected chi connectivity index (χ2v) is 9.33. The van der Waals surface area contributed by atoms with Crippen molar-refractivity contribution in [2.45, 2.75) is 25.5 Å². The number of para-hydroxylation sites is 1. The number of hydrogen-bond acceptors (Lipinski definition) is 4. The van der Waals surface area contributed by atoms with E-state index in [0.29, 0.717) is 25.6 Å². The van der Waals surface area contributed by atoms with Crippen molar-refractivity contribution < 1.29 is 13.2 Å². The van der Waals surface area contributed by atoms with Gasteiger partial charge in [0, 0.05) is 25.3 Å². The molecular formula is C17H27IN4O3S. The van der Waals surface area contributed by atoms with Gasteiger partial charge in [-0.05, 0) is 32.9 Å². The molecule has 146 valence electrons. The molecule has 7 nitrogen and oxygen atoms in total. The summed E-state index contributed by atoms with van der Waals surface area (Å²) in [5.41, 5.74) is 0.720. The summed E-state index contributed by atoms with van der Waals surface area (Å²) in [6.07, 6.45) is 0. The molecule has 1 amide bonds. The first-order valence-electron chi connectivity index (χ1n) is 8.35. The van der Waals surface area contributed by atoms with Crippen molar-refractivity contribution in [3.8, 4) is 0 Å². The Bertz CT molecular complexity index is 736. The monoisotopic (exact) mass is 494 g/mol. The molecule has 2 N–H and O–H groups in total. The number of amides is 1. The Morgan fingerprint density at radius 1 is 1.27 bits per heavy atom. The topological polar surface area (TPSA) is 90.9 Å². The van der Waals surface area contributed by atoms with Crippen molar-refractivity contribution in [3.05, 3.63) is 30.3 Å². The van der Waals surface area contributed by atoms with E-state index in [-0.39, 0.29) is 42.2 Å². The van der Waals surface area contributed by atoms with E-state index in [4.69, 9.17) is 0 Å². The van der Waals surface area contributed by atoms with Gasteiger partial charge in [0.15, 0.2) is 15.8 Å². The number of aliphatic imine (C=N–C) groups is 1. The lowest BCUT2D eigenvalue weighted by Crippen LogP contribution is -2.57. The van der Waals surface area contributed by atoms with Gasteiger partial charge >= 0.3 is 0 Å². The van der Waals surface area contributed by atoms with E-state index >= 15 is 0 Å². The highest BCUT2D eigenvalue weighted by molar-refractivity contribution is 14.0. The number of carbonyl (C=O) groups excluding carboxylic acids is 1. The Morgan fingerprint density at radius 3 is 2.50 bits per heavy atom. The van der Waals surface area contributed by atoms with Gasteiger partial charge in [-0.3, -0.25) is 4.79 Å². The van der Waals surface area contributed by atoms with Crippen molar-refractivity contribution in [2.24, 2.45) is 4.99 Å². The van der Waals surface area contributed by atoms with Gasteiger partial charge in [0.1, 0.15) is 6.54 Å². The number of nitrogens with zero attached hydrogens (tertiary/aromatic N) is 2. The highest BCUT2D eigenvalue weighted by Crippen LogP contribution is 2.23. The van der Waals surface area contributed by atoms with Crippen LogP contribution < -0.4 is 10.6 Å². The van der Waals surface area contributed by atoms with Crippen LogP contribution in [0.1, 0.15) is 20.8 Å². The van der Waals surface area contributed by atoms with E-state index in [1.54, 1.807) is 13.8 Å². The van der Waals surface area contributed by atoms with Crippen molar-refractivity contribution in [3.63, 3.8) is 0 Å². The van der Waals surface area contributed by atoms with Crippen molar-refractivity contribution in [1.82, 2.24) is 10.2 Å². The average Bonchev–Trinajstić information content (AvgIpc) is 2.55. The summed E-state index contributed by atoms with van der Waals surface area (Å²) in [5, 5.41) is 5.92. The number of rotatable bonds is 4. The van der Waals surface area contributed by atoms with Crippen LogP contribution in [0.4, 0.5) is 5.69 Å². The highest BCUT2D eigenvalue weighted by Gasteiger charge is 2.40. The molecule has 1 aromatic carbocycles. The molecule has 1 aromatic rings. The second-order valence-electron chi connectivity index (χ2n) is 6.58. The first-order chi connectivity index (χ1) is 11.7. The zero-order valence-corrected chi connectivity index (χ0v) is 18.5. The maximum Gasteiger partial charge on any atom is 0.246 e. The molecule has 1 aliphatic heterocycles. The van der Waals surface area contributed by atoms with Crippen LogP contribution in [0.3, 0.4) is 0 Å². The summed E-state index contributed by atoms with van der Waals surface area (Å²) in [7, 11) is -3.12. The third-order valence-corrected chi connectivity index (χ3v) is 6.64. The Kier molecular flexibility index (Phi) is 8.32. The lowest BCUT2D eigenvalue weighted by atomic mass is 10.2. The largest absolute Gasteiger partial charge is 0.357 e. The summed E-state index contributed by atoms with van der Waals surface area (Å²) in [6, 6.07) is 9.19. The number of halogens is 1. The maximum atomic E-state index is 12.1. The van der Waals surface area contributed by atoms with Gasteiger partial charge in [-0.1, -0.05) is 18.2 Å². The number of carbonyl (C=O) groups is 1. The number of anilines is 1. The molecule has 0 radical (unpaired) electrons. The maximum absolute atomic E-state index is 12.1. The Balaban J connectivity index is 0.00000338. The molecule has 9 heteroatoms. The predicted molar refractivity (Wildman–Crippen MR) is 116 cm³/mol. The van der Waals surface area contributed by atoms with E-state index in [2.05, 4.69) is 15.6 Å². The average molecular weight is 494 g/mol. The SMILES string of the molecule is CCNC(=NCC(=O)Nc1ccccc1)N1CCS(=O)(=O)C(C)(C)C1.I. The van der Waals surface area contributed by atoms with Crippen LogP contribution in [-0.4, -0.2) is 61.9 Å². The zero-order valence-electron chi connectivity index (χ0n) is 15.4. The van der Waals surface area contributed by atoms with E-state index in [9.17, 15) is 13.2 Å². The third-order valence-electron chi connectivity index (χ3n) is 4.11. The fourth-order valence-corrected chi connectivity index (χ4v) is 3.98. The molecule has 1 fully saturated rings. The molecule has 0 bridgehead atoms. The summed E-state index contributed by atoms with van der Waals surface area (Å²) in [6.45, 7) is 6.72. The molecule has 1 aliphatic rings. The highest BCUT2D eigenvalue weighted by atomic mass is 127. The summed E-state index contributed by atoms with van der Waals surface area (Å²) < 4.78 is 23.5. The molecular weight excluding hydrogens is 467 g/mol. The number of sulfone groups is 1. The normalized spacial score (nSPS) is 18.6. The first-order valence-corrected chi connectivity index (χ1v) is 10.0. The quantitative estimate of drug-likeness (QED) is 0.378. The van der Waals surface area contributed by atoms with Crippen LogP contribution >= 0.6 is 24.0 Å². The van der Waals surface area contributed by atoms with Gasteiger partial charge in [-0.25, -0.2) is 13.4 Å². The van der Waals surface area contributed by atoms with E-state index < -0.39 is 14.6 Å². The minimum atomic E-state index is -3.12. The van der Waals surface area contributed by atoms with Crippen LogP contribution in [0, 0.1) is 0 Å². The molecule has 1 saturated heterocycles. The van der Waals surface area contributed by atoms with Crippen LogP contribution in [-0.2, 0) is 14.6 Å². The van der Waals surface area contributed by atoms with Crippen molar-refractivity contribution in [1.29, 1.82) is 0 Å². The fraction of sp³-hybridized carbons (Fsp3) is 0.529. The van der Waals surface area contributed by atoms with Crippen LogP contribution in [0.25, 0.3) is 0 Å². The number of guanidine groups is 1. The van der Waals surface area contributed by atoms with Crippen molar-refractivity contribution in [2.75, 3.05) is 37.2 Å². The smallest absolute Gasteiger partial charge is 0.246 e. The number of benzene rings is 1. The van der Waals surface area contributed by atoms with Gasteiger partial charge < -0.3 is 15.5 Å². The van der Waals surface area contributed by atoms with Crippen LogP contribution in [0.2, 0.25) is 0 Å². The standard InChI is InChI=1S/C17H26N4O3S.HI/c1-4-18-16(21-10-11-25(23,24)17(2,3)13-21)19-12-15(22)20-14-8-6-5-7-9-14;/h5-9H,4,10-13H2,1-3H3,(H,18,19)(H,20,22);1H. The van der Waals surface area contributed by atoms with E-state index in [0.717, 1.165) is 5.69 Å². The molecule has 0 atom stereocenters. The molecule has 0 aromatic heterocycles. The number of nitrogens with one attached hydrogen (secondary N) is 2.